The van der Waals surface area contributed by atoms with Crippen LogP contribution in [0.5, 0.6) is 0 Å². The number of hydrogen-bond donors (Lipinski definition) is 0. The molecule has 1 heteroatoms. The van der Waals surface area contributed by atoms with Crippen molar-refractivity contribution in [3.63, 3.8) is 0 Å². The number of rotatable bonds is 0. The van der Waals surface area contributed by atoms with Crippen molar-refractivity contribution in [1.82, 2.24) is 0 Å². The van der Waals surface area contributed by atoms with Gasteiger partial charge in [-0.25, -0.2) is 0 Å². The molecule has 4 aromatic carbocycles. The molecule has 3 atom stereocenters. The Balaban J connectivity index is 1.53. The second kappa shape index (κ2) is 7.86. The van der Waals surface area contributed by atoms with Crippen LogP contribution in [0.25, 0.3) is 5.57 Å². The van der Waals surface area contributed by atoms with Crippen molar-refractivity contribution in [3.8, 4) is 0 Å². The van der Waals surface area contributed by atoms with Gasteiger partial charge in [-0.1, -0.05) is 133 Å². The highest BCUT2D eigenvalue weighted by molar-refractivity contribution is 6.32. The molecule has 0 amide bonds. The van der Waals surface area contributed by atoms with Gasteiger partial charge in [0.05, 0.1) is 10.8 Å². The maximum Gasteiger partial charge on any atom is 0.0726 e. The highest BCUT2D eigenvalue weighted by Crippen LogP contribution is 2.69. The average Bonchev–Trinajstić information content (AvgIpc) is 3.29. The third-order valence-corrected chi connectivity index (χ3v) is 10.1. The molecule has 188 valence electrons. The fourth-order valence-corrected chi connectivity index (χ4v) is 8.93. The fourth-order valence-electron chi connectivity index (χ4n) is 8.61. The van der Waals surface area contributed by atoms with Gasteiger partial charge < -0.3 is 0 Å². The predicted molar refractivity (Wildman–Crippen MR) is 164 cm³/mol. The summed E-state index contributed by atoms with van der Waals surface area (Å²) in [4.78, 5) is 0. The normalized spacial score (nSPS) is 25.7. The highest BCUT2D eigenvalue weighted by Gasteiger charge is 2.61. The van der Waals surface area contributed by atoms with E-state index in [4.69, 9.17) is 11.6 Å². The topological polar surface area (TPSA) is 0 Å². The summed E-state index contributed by atoms with van der Waals surface area (Å²) in [5.74, 6) is 0.335. The molecule has 40 heavy (non-hydrogen) atoms. The summed E-state index contributed by atoms with van der Waals surface area (Å²) < 4.78 is 0. The summed E-state index contributed by atoms with van der Waals surface area (Å²) in [6.45, 7) is 0. The van der Waals surface area contributed by atoms with E-state index in [1.54, 1.807) is 0 Å². The SMILES string of the molecule is Clc1cccc2c1C1(C3=CC=CCC3c3ccccc31)c1ccccc1C21C2=CC=CC=C=C2c2ccccc21. The minimum Gasteiger partial charge on any atom is -0.112 e. The van der Waals surface area contributed by atoms with E-state index < -0.39 is 10.8 Å². The molecule has 4 aromatic rings. The van der Waals surface area contributed by atoms with E-state index in [-0.39, 0.29) is 0 Å². The van der Waals surface area contributed by atoms with Gasteiger partial charge in [0.1, 0.15) is 0 Å². The molecule has 3 unspecified atom stereocenters. The first-order valence-corrected chi connectivity index (χ1v) is 14.5. The number of fused-ring (bicyclic) bond motifs is 16. The molecule has 0 bridgehead atoms. The summed E-state index contributed by atoms with van der Waals surface area (Å²) in [6, 6.07) is 33.7. The molecule has 0 saturated heterocycles. The van der Waals surface area contributed by atoms with E-state index in [2.05, 4.69) is 133 Å². The first-order chi connectivity index (χ1) is 19.8. The van der Waals surface area contributed by atoms with Crippen LogP contribution in [-0.4, -0.2) is 0 Å². The maximum absolute atomic E-state index is 7.46. The van der Waals surface area contributed by atoms with Gasteiger partial charge >= 0.3 is 0 Å². The first-order valence-electron chi connectivity index (χ1n) is 14.1. The van der Waals surface area contributed by atoms with Crippen LogP contribution in [0.15, 0.2) is 150 Å². The van der Waals surface area contributed by atoms with E-state index in [0.717, 1.165) is 11.4 Å². The van der Waals surface area contributed by atoms with Crippen molar-refractivity contribution >= 4 is 17.2 Å². The Morgan fingerprint density at radius 1 is 0.650 bits per heavy atom. The molecule has 0 aliphatic heterocycles. The monoisotopic (exact) mass is 528 g/mol. The molecule has 2 spiro atoms. The Bertz CT molecular complexity index is 1990. The molecule has 5 aliphatic carbocycles. The van der Waals surface area contributed by atoms with Crippen LogP contribution < -0.4 is 0 Å². The molecule has 0 saturated carbocycles. The van der Waals surface area contributed by atoms with Crippen LogP contribution in [0.1, 0.15) is 56.8 Å². The van der Waals surface area contributed by atoms with Crippen LogP contribution in [0, 0.1) is 0 Å². The lowest BCUT2D eigenvalue weighted by Crippen LogP contribution is -2.44. The van der Waals surface area contributed by atoms with Crippen molar-refractivity contribution in [2.75, 3.05) is 0 Å². The van der Waals surface area contributed by atoms with E-state index in [9.17, 15) is 0 Å². The molecular weight excluding hydrogens is 504 g/mol. The van der Waals surface area contributed by atoms with Gasteiger partial charge in [0.25, 0.3) is 0 Å². The summed E-state index contributed by atoms with van der Waals surface area (Å²) in [5.41, 5.74) is 17.1. The molecule has 9 rings (SSSR count). The zero-order valence-corrected chi connectivity index (χ0v) is 22.6. The standard InChI is InChI=1S/C39H25Cl/c40-36-24-12-23-35-37(36)39(31-19-8-5-15-27(31)28-16-6-9-20-32(28)39)34-22-11-10-21-33(34)38(35)29-17-3-1-2-13-25(29)26-14-4-7-18-30(26)38/h1-12,14-15,17-24,28H,16H2. The van der Waals surface area contributed by atoms with Gasteiger partial charge in [0, 0.05) is 16.5 Å². The minimum absolute atomic E-state index is 0.335. The third-order valence-electron chi connectivity index (χ3n) is 9.83. The van der Waals surface area contributed by atoms with E-state index in [1.807, 2.05) is 6.08 Å². The Kier molecular flexibility index (Phi) is 4.41. The third kappa shape index (κ3) is 2.42. The lowest BCUT2D eigenvalue weighted by Gasteiger charge is -2.49. The summed E-state index contributed by atoms with van der Waals surface area (Å²) in [6.07, 6.45) is 16.5. The predicted octanol–water partition coefficient (Wildman–Crippen LogP) is 9.35. The smallest absolute Gasteiger partial charge is 0.0726 e. The molecule has 0 radical (unpaired) electrons. The van der Waals surface area contributed by atoms with Gasteiger partial charge in [0.15, 0.2) is 0 Å². The molecule has 0 N–H and O–H groups in total. The number of benzene rings is 4. The first kappa shape index (κ1) is 22.5. The Morgan fingerprint density at radius 3 is 2.25 bits per heavy atom. The molecular formula is C39H25Cl. The zero-order valence-electron chi connectivity index (χ0n) is 21.9. The van der Waals surface area contributed by atoms with Crippen LogP contribution in [0.3, 0.4) is 0 Å². The van der Waals surface area contributed by atoms with Gasteiger partial charge in [0.2, 0.25) is 0 Å². The largest absolute Gasteiger partial charge is 0.112 e. The molecule has 0 heterocycles. The van der Waals surface area contributed by atoms with Crippen molar-refractivity contribution < 1.29 is 0 Å². The number of allylic oxidation sites excluding steroid dienone is 9. The van der Waals surface area contributed by atoms with Crippen LogP contribution in [0.4, 0.5) is 0 Å². The summed E-state index contributed by atoms with van der Waals surface area (Å²) >= 11 is 7.46. The van der Waals surface area contributed by atoms with E-state index in [1.165, 1.54) is 61.2 Å². The van der Waals surface area contributed by atoms with Crippen LogP contribution in [0.2, 0.25) is 5.02 Å². The zero-order chi connectivity index (χ0) is 26.5. The van der Waals surface area contributed by atoms with Crippen LogP contribution in [-0.2, 0) is 10.8 Å². The number of halogens is 1. The quantitative estimate of drug-likeness (QED) is 0.199. The fraction of sp³-hybridized carbons (Fsp3) is 0.103. The Labute approximate surface area is 239 Å². The second-order valence-corrected chi connectivity index (χ2v) is 11.7. The number of hydrogen-bond acceptors (Lipinski definition) is 0. The van der Waals surface area contributed by atoms with Gasteiger partial charge in [-0.15, -0.1) is 5.73 Å². The van der Waals surface area contributed by atoms with E-state index >= 15 is 0 Å². The molecule has 0 aromatic heterocycles. The summed E-state index contributed by atoms with van der Waals surface area (Å²) in [7, 11) is 0. The average molecular weight is 529 g/mol. The van der Waals surface area contributed by atoms with Gasteiger partial charge in [-0.05, 0) is 74.2 Å². The molecule has 5 aliphatic rings. The molecule has 0 nitrogen and oxygen atoms in total. The summed E-state index contributed by atoms with van der Waals surface area (Å²) in [5, 5.41) is 0.826. The maximum atomic E-state index is 7.46. The van der Waals surface area contributed by atoms with E-state index in [0.29, 0.717) is 5.92 Å². The minimum atomic E-state index is -0.498. The lowest BCUT2D eigenvalue weighted by molar-refractivity contribution is 0.609. The second-order valence-electron chi connectivity index (χ2n) is 11.3. The molecule has 0 fully saturated rings. The van der Waals surface area contributed by atoms with Crippen molar-refractivity contribution in [1.29, 1.82) is 0 Å². The Hall–Kier alpha value is -4.35. The Morgan fingerprint density at radius 2 is 1.38 bits per heavy atom. The lowest BCUT2D eigenvalue weighted by atomic mass is 9.52. The van der Waals surface area contributed by atoms with Crippen molar-refractivity contribution in [3.05, 3.63) is 200 Å². The highest BCUT2D eigenvalue weighted by atomic mass is 35.5. The van der Waals surface area contributed by atoms with Gasteiger partial charge in [-0.2, -0.15) is 0 Å². The van der Waals surface area contributed by atoms with Crippen molar-refractivity contribution in [2.45, 2.75) is 23.2 Å². The van der Waals surface area contributed by atoms with Crippen molar-refractivity contribution in [2.24, 2.45) is 0 Å². The van der Waals surface area contributed by atoms with Gasteiger partial charge in [-0.3, -0.25) is 0 Å². The van der Waals surface area contributed by atoms with Crippen LogP contribution >= 0.6 is 11.6 Å².